The van der Waals surface area contributed by atoms with Gasteiger partial charge in [-0.25, -0.2) is 4.79 Å². The number of amides is 1. The number of hydrogen-bond donors (Lipinski definition) is 0. The van der Waals surface area contributed by atoms with Crippen LogP contribution in [0.1, 0.15) is 39.2 Å². The van der Waals surface area contributed by atoms with Crippen LogP contribution in [0.5, 0.6) is 0 Å². The van der Waals surface area contributed by atoms with E-state index in [-0.39, 0.29) is 6.09 Å². The maximum atomic E-state index is 12.0. The molecule has 0 aliphatic carbocycles. The predicted molar refractivity (Wildman–Crippen MR) is 91.2 cm³/mol. The van der Waals surface area contributed by atoms with Crippen molar-refractivity contribution in [1.82, 2.24) is 9.88 Å². The molecule has 1 aliphatic heterocycles. The molecule has 0 unspecified atom stereocenters. The van der Waals surface area contributed by atoms with Crippen molar-refractivity contribution < 1.29 is 9.53 Å². The highest BCUT2D eigenvalue weighted by molar-refractivity contribution is 7.99. The molecule has 0 radical (unpaired) electrons. The summed E-state index contributed by atoms with van der Waals surface area (Å²) in [5.74, 6) is 1.13. The first-order valence-corrected chi connectivity index (χ1v) is 8.97. The molecule has 5 heteroatoms. The summed E-state index contributed by atoms with van der Waals surface area (Å²) in [6, 6.07) is 4.15. The van der Waals surface area contributed by atoms with Gasteiger partial charge in [-0.05, 0) is 63.5 Å². The number of aromatic nitrogens is 1. The highest BCUT2D eigenvalue weighted by atomic mass is 32.2. The number of pyridine rings is 1. The Kier molecular flexibility index (Phi) is 6.12. The summed E-state index contributed by atoms with van der Waals surface area (Å²) < 4.78 is 5.43. The minimum absolute atomic E-state index is 0.173. The van der Waals surface area contributed by atoms with Crippen LogP contribution < -0.4 is 0 Å². The zero-order valence-corrected chi connectivity index (χ0v) is 14.6. The van der Waals surface area contributed by atoms with Crippen molar-refractivity contribution in [2.45, 2.75) is 50.9 Å². The van der Waals surface area contributed by atoms with Gasteiger partial charge in [0.1, 0.15) is 5.60 Å². The lowest BCUT2D eigenvalue weighted by Crippen LogP contribution is -2.42. The summed E-state index contributed by atoms with van der Waals surface area (Å²) in [4.78, 5) is 17.9. The molecule has 0 N–H and O–H groups in total. The molecule has 1 saturated heterocycles. The van der Waals surface area contributed by atoms with Crippen molar-refractivity contribution in [2.75, 3.05) is 18.8 Å². The zero-order valence-electron chi connectivity index (χ0n) is 13.7. The monoisotopic (exact) mass is 322 g/mol. The summed E-state index contributed by atoms with van der Waals surface area (Å²) in [6.45, 7) is 7.34. The molecule has 0 spiro atoms. The number of thioether (sulfide) groups is 1. The molecule has 1 amide bonds. The van der Waals surface area contributed by atoms with Gasteiger partial charge in [0.05, 0.1) is 0 Å². The smallest absolute Gasteiger partial charge is 0.410 e. The second-order valence-corrected chi connectivity index (χ2v) is 8.05. The molecule has 1 aliphatic rings. The number of piperidine rings is 1. The van der Waals surface area contributed by atoms with Gasteiger partial charge in [-0.1, -0.05) is 0 Å². The molecule has 0 saturated carbocycles. The molecule has 1 fully saturated rings. The summed E-state index contributed by atoms with van der Waals surface area (Å²) in [7, 11) is 0. The van der Waals surface area contributed by atoms with Gasteiger partial charge in [0.15, 0.2) is 0 Å². The number of nitrogens with zero attached hydrogens (tertiary/aromatic N) is 2. The van der Waals surface area contributed by atoms with Gasteiger partial charge in [0, 0.05) is 30.7 Å². The molecular formula is C17H26N2O2S. The van der Waals surface area contributed by atoms with Crippen molar-refractivity contribution in [3.05, 3.63) is 30.1 Å². The first-order valence-electron chi connectivity index (χ1n) is 7.92. The van der Waals surface area contributed by atoms with E-state index in [1.54, 1.807) is 0 Å². The Morgan fingerprint density at radius 3 is 2.55 bits per heavy atom. The molecule has 0 aromatic carbocycles. The molecule has 2 rings (SSSR count). The average Bonchev–Trinajstić information content (AvgIpc) is 2.47. The van der Waals surface area contributed by atoms with Gasteiger partial charge in [0.25, 0.3) is 0 Å². The molecule has 1 aromatic rings. The van der Waals surface area contributed by atoms with Crippen molar-refractivity contribution in [3.8, 4) is 0 Å². The van der Waals surface area contributed by atoms with Crippen LogP contribution in [0.25, 0.3) is 0 Å². The number of carbonyl (C=O) groups excluding carboxylic acids is 1. The number of ether oxygens (including phenoxy) is 1. The molecular weight excluding hydrogens is 296 g/mol. The third-order valence-electron chi connectivity index (χ3n) is 3.59. The quantitative estimate of drug-likeness (QED) is 0.846. The van der Waals surface area contributed by atoms with Crippen molar-refractivity contribution in [1.29, 1.82) is 0 Å². The van der Waals surface area contributed by atoms with Crippen molar-refractivity contribution in [2.24, 2.45) is 0 Å². The number of carbonyl (C=O) groups is 1. The summed E-state index contributed by atoms with van der Waals surface area (Å²) in [6.07, 6.45) is 6.71. The lowest BCUT2D eigenvalue weighted by atomic mass is 10.1. The highest BCUT2D eigenvalue weighted by Gasteiger charge is 2.26. The topological polar surface area (TPSA) is 42.4 Å². The normalized spacial score (nSPS) is 16.6. The van der Waals surface area contributed by atoms with Crippen molar-refractivity contribution >= 4 is 17.9 Å². The first kappa shape index (κ1) is 17.1. The number of hydrogen-bond acceptors (Lipinski definition) is 4. The van der Waals surface area contributed by atoms with Crippen LogP contribution in [0.2, 0.25) is 0 Å². The standard InChI is InChI=1S/C17H26N2O2S/c1-17(2,3)21-16(20)19-11-6-15(7-12-19)22-13-8-14-4-9-18-10-5-14/h4-5,9-10,15H,6-8,11-13H2,1-3H3. The van der Waals surface area contributed by atoms with Crippen LogP contribution in [0.15, 0.2) is 24.5 Å². The van der Waals surface area contributed by atoms with Crippen LogP contribution in [-0.4, -0.2) is 45.7 Å². The van der Waals surface area contributed by atoms with Gasteiger partial charge in [-0.3, -0.25) is 4.98 Å². The molecule has 0 atom stereocenters. The molecule has 0 bridgehead atoms. The van der Waals surface area contributed by atoms with E-state index < -0.39 is 5.60 Å². The number of aryl methyl sites for hydroxylation is 1. The second-order valence-electron chi connectivity index (χ2n) is 6.64. The predicted octanol–water partition coefficient (Wildman–Crippen LogP) is 3.76. The second kappa shape index (κ2) is 7.86. The van der Waals surface area contributed by atoms with E-state index in [4.69, 9.17) is 4.74 Å². The Morgan fingerprint density at radius 1 is 1.32 bits per heavy atom. The number of rotatable bonds is 4. The Bertz CT molecular complexity index is 465. The molecule has 2 heterocycles. The van der Waals surface area contributed by atoms with Crippen LogP contribution >= 0.6 is 11.8 Å². The van der Waals surface area contributed by atoms with Gasteiger partial charge in [0.2, 0.25) is 0 Å². The summed E-state index contributed by atoms with van der Waals surface area (Å²) in [5.41, 5.74) is 0.932. The Balaban J connectivity index is 1.66. The minimum Gasteiger partial charge on any atom is -0.444 e. The van der Waals surface area contributed by atoms with Gasteiger partial charge in [-0.2, -0.15) is 11.8 Å². The zero-order chi connectivity index (χ0) is 16.0. The maximum absolute atomic E-state index is 12.0. The SMILES string of the molecule is CC(C)(C)OC(=O)N1CCC(SCCc2ccncc2)CC1. The van der Waals surface area contributed by atoms with E-state index in [1.807, 2.05) is 49.8 Å². The van der Waals surface area contributed by atoms with E-state index >= 15 is 0 Å². The van der Waals surface area contributed by atoms with E-state index in [9.17, 15) is 4.79 Å². The molecule has 122 valence electrons. The summed E-state index contributed by atoms with van der Waals surface area (Å²) in [5, 5.41) is 0.653. The van der Waals surface area contributed by atoms with E-state index in [0.29, 0.717) is 5.25 Å². The van der Waals surface area contributed by atoms with Gasteiger partial charge >= 0.3 is 6.09 Å². The largest absolute Gasteiger partial charge is 0.444 e. The molecule has 1 aromatic heterocycles. The molecule has 4 nitrogen and oxygen atoms in total. The maximum Gasteiger partial charge on any atom is 0.410 e. The third-order valence-corrected chi connectivity index (χ3v) is 4.97. The van der Waals surface area contributed by atoms with Crippen LogP contribution in [-0.2, 0) is 11.2 Å². The average molecular weight is 322 g/mol. The Labute approximate surface area is 137 Å². The lowest BCUT2D eigenvalue weighted by molar-refractivity contribution is 0.0219. The number of likely N-dealkylation sites (tertiary alicyclic amines) is 1. The van der Waals surface area contributed by atoms with Crippen LogP contribution in [0.4, 0.5) is 4.79 Å². The van der Waals surface area contributed by atoms with E-state index in [2.05, 4.69) is 17.1 Å². The molecule has 22 heavy (non-hydrogen) atoms. The summed E-state index contributed by atoms with van der Waals surface area (Å²) >= 11 is 2.02. The van der Waals surface area contributed by atoms with E-state index in [1.165, 1.54) is 5.56 Å². The van der Waals surface area contributed by atoms with Crippen LogP contribution in [0.3, 0.4) is 0 Å². The minimum atomic E-state index is -0.410. The fourth-order valence-electron chi connectivity index (χ4n) is 2.42. The highest BCUT2D eigenvalue weighted by Crippen LogP contribution is 2.25. The van der Waals surface area contributed by atoms with Crippen molar-refractivity contribution in [3.63, 3.8) is 0 Å². The fourth-order valence-corrected chi connectivity index (χ4v) is 3.66. The third kappa shape index (κ3) is 5.87. The van der Waals surface area contributed by atoms with Gasteiger partial charge in [-0.15, -0.1) is 0 Å². The Hall–Kier alpha value is -1.23. The van der Waals surface area contributed by atoms with Crippen LogP contribution in [0, 0.1) is 0 Å². The van der Waals surface area contributed by atoms with Gasteiger partial charge < -0.3 is 9.64 Å². The van der Waals surface area contributed by atoms with E-state index in [0.717, 1.165) is 38.1 Å². The first-order chi connectivity index (χ1) is 10.4. The Morgan fingerprint density at radius 2 is 1.95 bits per heavy atom. The lowest BCUT2D eigenvalue weighted by Gasteiger charge is -2.33. The fraction of sp³-hybridized carbons (Fsp3) is 0.647.